The van der Waals surface area contributed by atoms with Crippen LogP contribution in [0.4, 0.5) is 0 Å². The van der Waals surface area contributed by atoms with Crippen LogP contribution in [0.2, 0.25) is 0 Å². The summed E-state index contributed by atoms with van der Waals surface area (Å²) in [5.74, 6) is -0.863. The molecule has 64 valence electrons. The Morgan fingerprint density at radius 3 is 2.92 bits per heavy atom. The molecule has 0 bridgehead atoms. The monoisotopic (exact) mass is 246 g/mol. The molecule has 0 radical (unpaired) electrons. The number of carboxylic acid groups (broad SMARTS) is 1. The molecule has 1 aromatic rings. The van der Waals surface area contributed by atoms with E-state index in [1.165, 1.54) is 11.3 Å². The zero-order valence-corrected chi connectivity index (χ0v) is 8.56. The zero-order valence-electron chi connectivity index (χ0n) is 6.16. The number of hydrogen-bond donors (Lipinski definition) is 1. The van der Waals surface area contributed by atoms with E-state index in [1.54, 1.807) is 12.1 Å². The highest BCUT2D eigenvalue weighted by Crippen LogP contribution is 2.17. The highest BCUT2D eigenvalue weighted by molar-refractivity contribution is 9.09. The third-order valence-corrected chi connectivity index (χ3v) is 2.62. The molecule has 1 aromatic heterocycles. The smallest absolute Gasteiger partial charge is 0.345 e. The van der Waals surface area contributed by atoms with Gasteiger partial charge in [-0.1, -0.05) is 22.0 Å². The van der Waals surface area contributed by atoms with Crippen molar-refractivity contribution in [1.82, 2.24) is 0 Å². The lowest BCUT2D eigenvalue weighted by molar-refractivity contribution is 0.0702. The van der Waals surface area contributed by atoms with Crippen molar-refractivity contribution in [1.29, 1.82) is 0 Å². The van der Waals surface area contributed by atoms with Gasteiger partial charge in [-0.05, 0) is 18.2 Å². The molecule has 0 aromatic carbocycles. The van der Waals surface area contributed by atoms with Crippen LogP contribution >= 0.6 is 27.3 Å². The van der Waals surface area contributed by atoms with E-state index in [4.69, 9.17) is 5.11 Å². The van der Waals surface area contributed by atoms with Crippen molar-refractivity contribution in [3.05, 3.63) is 28.0 Å². The van der Waals surface area contributed by atoms with Crippen LogP contribution in [0.15, 0.2) is 18.2 Å². The minimum atomic E-state index is -0.863. The zero-order chi connectivity index (χ0) is 8.97. The maximum Gasteiger partial charge on any atom is 0.345 e. The summed E-state index contributed by atoms with van der Waals surface area (Å²) in [5, 5.41) is 9.39. The summed E-state index contributed by atoms with van der Waals surface area (Å²) in [7, 11) is 0. The average Bonchev–Trinajstić information content (AvgIpc) is 2.48. The van der Waals surface area contributed by atoms with Gasteiger partial charge < -0.3 is 5.11 Å². The molecule has 0 saturated heterocycles. The van der Waals surface area contributed by atoms with Gasteiger partial charge >= 0.3 is 5.97 Å². The van der Waals surface area contributed by atoms with Gasteiger partial charge in [0.05, 0.1) is 0 Å². The van der Waals surface area contributed by atoms with Gasteiger partial charge in [0.2, 0.25) is 0 Å². The van der Waals surface area contributed by atoms with Crippen molar-refractivity contribution in [2.24, 2.45) is 0 Å². The molecule has 0 unspecified atom stereocenters. The standard InChI is InChI=1S/C8H7BrO2S/c9-5-1-2-6-3-4-7(12-6)8(10)11/h1-4H,5H2,(H,10,11)/b2-1+. The van der Waals surface area contributed by atoms with Crippen molar-refractivity contribution in [2.45, 2.75) is 0 Å². The molecule has 0 aliphatic heterocycles. The van der Waals surface area contributed by atoms with Gasteiger partial charge in [-0.25, -0.2) is 4.79 Å². The van der Waals surface area contributed by atoms with E-state index < -0.39 is 5.97 Å². The largest absolute Gasteiger partial charge is 0.477 e. The maximum absolute atomic E-state index is 10.5. The Hall–Kier alpha value is -0.610. The third-order valence-electron chi connectivity index (χ3n) is 1.21. The molecule has 2 nitrogen and oxygen atoms in total. The second-order valence-corrected chi connectivity index (χ2v) is 3.83. The number of carboxylic acids is 1. The van der Waals surface area contributed by atoms with Crippen molar-refractivity contribution in [3.8, 4) is 0 Å². The van der Waals surface area contributed by atoms with E-state index >= 15 is 0 Å². The summed E-state index contributed by atoms with van der Waals surface area (Å²) in [5.41, 5.74) is 0. The van der Waals surface area contributed by atoms with Crippen molar-refractivity contribution < 1.29 is 9.90 Å². The number of allylic oxidation sites excluding steroid dienone is 1. The predicted molar refractivity (Wildman–Crippen MR) is 54.1 cm³/mol. The first-order chi connectivity index (χ1) is 5.74. The summed E-state index contributed by atoms with van der Waals surface area (Å²) in [6, 6.07) is 3.41. The fourth-order valence-electron chi connectivity index (χ4n) is 0.718. The highest BCUT2D eigenvalue weighted by atomic mass is 79.9. The number of halogens is 1. The van der Waals surface area contributed by atoms with E-state index in [1.807, 2.05) is 12.2 Å². The van der Waals surface area contributed by atoms with Gasteiger partial charge in [0.25, 0.3) is 0 Å². The van der Waals surface area contributed by atoms with E-state index in [9.17, 15) is 4.79 Å². The summed E-state index contributed by atoms with van der Waals surface area (Å²) in [4.78, 5) is 11.8. The molecule has 0 amide bonds. The second kappa shape index (κ2) is 4.42. The Kier molecular flexibility index (Phi) is 3.49. The van der Waals surface area contributed by atoms with Gasteiger partial charge in [-0.2, -0.15) is 0 Å². The third kappa shape index (κ3) is 2.46. The molecule has 1 N–H and O–H groups in total. The van der Waals surface area contributed by atoms with Crippen LogP contribution in [0.25, 0.3) is 6.08 Å². The van der Waals surface area contributed by atoms with Crippen LogP contribution in [0.3, 0.4) is 0 Å². The van der Waals surface area contributed by atoms with Crippen LogP contribution in [0, 0.1) is 0 Å². The average molecular weight is 247 g/mol. The number of alkyl halides is 1. The molecule has 1 heterocycles. The molecular formula is C8H7BrO2S. The molecule has 0 fully saturated rings. The summed E-state index contributed by atoms with van der Waals surface area (Å²) >= 11 is 4.52. The fourth-order valence-corrected chi connectivity index (χ4v) is 1.68. The lowest BCUT2D eigenvalue weighted by Gasteiger charge is -1.82. The topological polar surface area (TPSA) is 37.3 Å². The Morgan fingerprint density at radius 1 is 1.67 bits per heavy atom. The van der Waals surface area contributed by atoms with E-state index in [2.05, 4.69) is 15.9 Å². The molecule has 4 heteroatoms. The van der Waals surface area contributed by atoms with E-state index in [-0.39, 0.29) is 0 Å². The Morgan fingerprint density at radius 2 is 2.42 bits per heavy atom. The molecule has 12 heavy (non-hydrogen) atoms. The second-order valence-electron chi connectivity index (χ2n) is 2.06. The molecule has 1 rings (SSSR count). The number of thiophene rings is 1. The first kappa shape index (κ1) is 9.48. The van der Waals surface area contributed by atoms with Crippen LogP contribution in [0.5, 0.6) is 0 Å². The molecule has 0 atom stereocenters. The lowest BCUT2D eigenvalue weighted by atomic mass is 10.4. The molecular weight excluding hydrogens is 240 g/mol. The van der Waals surface area contributed by atoms with E-state index in [0.717, 1.165) is 10.2 Å². The SMILES string of the molecule is O=C(O)c1ccc(/C=C/CBr)s1. The van der Waals surface area contributed by atoms with Crippen LogP contribution in [0.1, 0.15) is 14.5 Å². The fraction of sp³-hybridized carbons (Fsp3) is 0.125. The summed E-state index contributed by atoms with van der Waals surface area (Å²) < 4.78 is 0. The van der Waals surface area contributed by atoms with Gasteiger partial charge in [0.15, 0.2) is 0 Å². The van der Waals surface area contributed by atoms with E-state index in [0.29, 0.717) is 4.88 Å². The molecule has 0 spiro atoms. The first-order valence-corrected chi connectivity index (χ1v) is 5.23. The van der Waals surface area contributed by atoms with Gasteiger partial charge in [-0.15, -0.1) is 11.3 Å². The first-order valence-electron chi connectivity index (χ1n) is 3.29. The minimum absolute atomic E-state index is 0.379. The Bertz CT molecular complexity index is 304. The van der Waals surface area contributed by atoms with Crippen molar-refractivity contribution in [3.63, 3.8) is 0 Å². The van der Waals surface area contributed by atoms with Crippen LogP contribution in [-0.2, 0) is 0 Å². The number of hydrogen-bond acceptors (Lipinski definition) is 2. The molecule has 0 aliphatic carbocycles. The summed E-state index contributed by atoms with van der Waals surface area (Å²) in [6.45, 7) is 0. The lowest BCUT2D eigenvalue weighted by Crippen LogP contribution is -1.89. The normalized spacial score (nSPS) is 10.8. The van der Waals surface area contributed by atoms with Crippen LogP contribution < -0.4 is 0 Å². The van der Waals surface area contributed by atoms with Crippen LogP contribution in [-0.4, -0.2) is 16.4 Å². The summed E-state index contributed by atoms with van der Waals surface area (Å²) in [6.07, 6.45) is 3.82. The maximum atomic E-state index is 10.5. The van der Waals surface area contributed by atoms with Crippen molar-refractivity contribution in [2.75, 3.05) is 5.33 Å². The van der Waals surface area contributed by atoms with Gasteiger partial charge in [0, 0.05) is 10.2 Å². The number of rotatable bonds is 3. The number of carbonyl (C=O) groups is 1. The highest BCUT2D eigenvalue weighted by Gasteiger charge is 2.04. The van der Waals surface area contributed by atoms with Gasteiger partial charge in [-0.3, -0.25) is 0 Å². The minimum Gasteiger partial charge on any atom is -0.477 e. The quantitative estimate of drug-likeness (QED) is 0.834. The van der Waals surface area contributed by atoms with Crippen molar-refractivity contribution >= 4 is 39.3 Å². The molecule has 0 saturated carbocycles. The molecule has 0 aliphatic rings. The Labute approximate surface area is 82.7 Å². The Balaban J connectivity index is 2.77. The predicted octanol–water partition coefficient (Wildman–Crippen LogP) is 2.85. The number of aromatic carboxylic acids is 1. The van der Waals surface area contributed by atoms with Gasteiger partial charge in [0.1, 0.15) is 4.88 Å².